The van der Waals surface area contributed by atoms with Gasteiger partial charge in [0.1, 0.15) is 0 Å². The minimum Gasteiger partial charge on any atom is -0.479 e. The second-order valence-electron chi connectivity index (χ2n) is 6.62. The average Bonchev–Trinajstić information content (AvgIpc) is 2.65. The number of rotatable bonds is 5. The smallest absolute Gasteiger partial charge is 0.330 e. The molecule has 5 heteroatoms. The SMILES string of the molecule is CC(C(=O)NC(C(=O)O)c1ccc2ccccc2c1)C1CCOCC1. The summed E-state index contributed by atoms with van der Waals surface area (Å²) in [4.78, 5) is 24.3. The maximum Gasteiger partial charge on any atom is 0.330 e. The molecule has 1 amide bonds. The first-order valence-electron chi connectivity index (χ1n) is 8.66. The Hall–Kier alpha value is -2.40. The highest BCUT2D eigenvalue weighted by Gasteiger charge is 2.30. The lowest BCUT2D eigenvalue weighted by Gasteiger charge is -2.28. The van der Waals surface area contributed by atoms with Crippen LogP contribution in [0, 0.1) is 11.8 Å². The van der Waals surface area contributed by atoms with Gasteiger partial charge in [0.25, 0.3) is 0 Å². The zero-order chi connectivity index (χ0) is 17.8. The summed E-state index contributed by atoms with van der Waals surface area (Å²) in [7, 11) is 0. The molecule has 1 saturated heterocycles. The van der Waals surface area contributed by atoms with Crippen LogP contribution in [0.5, 0.6) is 0 Å². The fourth-order valence-electron chi connectivity index (χ4n) is 3.38. The Morgan fingerprint density at radius 3 is 2.48 bits per heavy atom. The van der Waals surface area contributed by atoms with E-state index in [-0.39, 0.29) is 17.7 Å². The second kappa shape index (κ2) is 7.66. The summed E-state index contributed by atoms with van der Waals surface area (Å²) in [6.07, 6.45) is 1.67. The predicted molar refractivity (Wildman–Crippen MR) is 95.2 cm³/mol. The number of fused-ring (bicyclic) bond motifs is 1. The molecule has 1 heterocycles. The molecule has 132 valence electrons. The highest BCUT2D eigenvalue weighted by molar-refractivity contribution is 5.88. The summed E-state index contributed by atoms with van der Waals surface area (Å²) in [5.74, 6) is -1.26. The van der Waals surface area contributed by atoms with E-state index in [4.69, 9.17) is 4.74 Å². The summed E-state index contributed by atoms with van der Waals surface area (Å²) in [6.45, 7) is 3.19. The summed E-state index contributed by atoms with van der Waals surface area (Å²) in [6, 6.07) is 12.2. The van der Waals surface area contributed by atoms with Crippen molar-refractivity contribution in [3.05, 3.63) is 48.0 Å². The maximum absolute atomic E-state index is 12.6. The first kappa shape index (κ1) is 17.4. The molecule has 2 N–H and O–H groups in total. The molecule has 5 nitrogen and oxygen atoms in total. The van der Waals surface area contributed by atoms with Crippen LogP contribution in [-0.4, -0.2) is 30.2 Å². The van der Waals surface area contributed by atoms with E-state index >= 15 is 0 Å². The monoisotopic (exact) mass is 341 g/mol. The van der Waals surface area contributed by atoms with E-state index in [9.17, 15) is 14.7 Å². The highest BCUT2D eigenvalue weighted by Crippen LogP contribution is 2.26. The molecule has 3 rings (SSSR count). The number of carboxylic acid groups (broad SMARTS) is 1. The number of carbonyl (C=O) groups is 2. The Morgan fingerprint density at radius 2 is 1.80 bits per heavy atom. The third-order valence-electron chi connectivity index (χ3n) is 5.03. The van der Waals surface area contributed by atoms with E-state index in [1.54, 1.807) is 6.07 Å². The lowest BCUT2D eigenvalue weighted by atomic mass is 9.86. The molecule has 25 heavy (non-hydrogen) atoms. The van der Waals surface area contributed by atoms with Crippen molar-refractivity contribution in [3.63, 3.8) is 0 Å². The molecule has 0 saturated carbocycles. The van der Waals surface area contributed by atoms with Crippen molar-refractivity contribution in [1.29, 1.82) is 0 Å². The summed E-state index contributed by atoms with van der Waals surface area (Å²) < 4.78 is 5.33. The number of nitrogens with one attached hydrogen (secondary N) is 1. The molecule has 1 aliphatic rings. The van der Waals surface area contributed by atoms with Crippen LogP contribution in [0.4, 0.5) is 0 Å². The van der Waals surface area contributed by atoms with Crippen LogP contribution >= 0.6 is 0 Å². The molecular formula is C20H23NO4. The Labute approximate surface area is 147 Å². The zero-order valence-electron chi connectivity index (χ0n) is 14.3. The van der Waals surface area contributed by atoms with E-state index in [0.29, 0.717) is 18.8 Å². The van der Waals surface area contributed by atoms with Crippen molar-refractivity contribution < 1.29 is 19.4 Å². The molecular weight excluding hydrogens is 318 g/mol. The highest BCUT2D eigenvalue weighted by atomic mass is 16.5. The molecule has 1 aliphatic heterocycles. The molecule has 2 unspecified atom stereocenters. The molecule has 0 aromatic heterocycles. The molecule has 2 atom stereocenters. The Balaban J connectivity index is 1.78. The summed E-state index contributed by atoms with van der Waals surface area (Å²) >= 11 is 0. The van der Waals surface area contributed by atoms with E-state index in [2.05, 4.69) is 5.32 Å². The number of aliphatic carboxylic acids is 1. The van der Waals surface area contributed by atoms with Crippen LogP contribution in [0.3, 0.4) is 0 Å². The first-order valence-corrected chi connectivity index (χ1v) is 8.66. The lowest BCUT2D eigenvalue weighted by Crippen LogP contribution is -2.40. The van der Waals surface area contributed by atoms with E-state index in [1.165, 1.54) is 0 Å². The van der Waals surface area contributed by atoms with Crippen molar-refractivity contribution in [2.24, 2.45) is 11.8 Å². The van der Waals surface area contributed by atoms with Crippen LogP contribution in [-0.2, 0) is 14.3 Å². The minimum atomic E-state index is -1.05. The molecule has 2 aromatic rings. The summed E-state index contributed by atoms with van der Waals surface area (Å²) in [5, 5.41) is 14.3. The lowest BCUT2D eigenvalue weighted by molar-refractivity contribution is -0.143. The quantitative estimate of drug-likeness (QED) is 0.876. The summed E-state index contributed by atoms with van der Waals surface area (Å²) in [5.41, 5.74) is 0.582. The molecule has 0 radical (unpaired) electrons. The van der Waals surface area contributed by atoms with Gasteiger partial charge in [0, 0.05) is 19.1 Å². The van der Waals surface area contributed by atoms with Crippen LogP contribution < -0.4 is 5.32 Å². The fourth-order valence-corrected chi connectivity index (χ4v) is 3.38. The number of benzene rings is 2. The number of carbonyl (C=O) groups excluding carboxylic acids is 1. The van der Waals surface area contributed by atoms with Crippen LogP contribution in [0.2, 0.25) is 0 Å². The largest absolute Gasteiger partial charge is 0.479 e. The van der Waals surface area contributed by atoms with Crippen molar-refractivity contribution in [3.8, 4) is 0 Å². The Kier molecular flexibility index (Phi) is 5.34. The standard InChI is InChI=1S/C20H23NO4/c1-13(14-8-10-25-11-9-14)19(22)21-18(20(23)24)17-7-6-15-4-2-3-5-16(15)12-17/h2-7,12-14,18H,8-11H2,1H3,(H,21,22)(H,23,24). The van der Waals surface area contributed by atoms with Crippen LogP contribution in [0.1, 0.15) is 31.4 Å². The van der Waals surface area contributed by atoms with Gasteiger partial charge in [-0.25, -0.2) is 4.79 Å². The second-order valence-corrected chi connectivity index (χ2v) is 6.62. The maximum atomic E-state index is 12.6. The third kappa shape index (κ3) is 3.99. The molecule has 0 spiro atoms. The number of hydrogen-bond donors (Lipinski definition) is 2. The molecule has 0 bridgehead atoms. The van der Waals surface area contributed by atoms with Gasteiger partial charge >= 0.3 is 5.97 Å². The minimum absolute atomic E-state index is 0.215. The van der Waals surface area contributed by atoms with E-state index in [1.807, 2.05) is 43.3 Å². The number of hydrogen-bond acceptors (Lipinski definition) is 3. The molecule has 0 aliphatic carbocycles. The van der Waals surface area contributed by atoms with Gasteiger partial charge in [0.2, 0.25) is 5.91 Å². The average molecular weight is 341 g/mol. The normalized spacial score (nSPS) is 17.8. The number of ether oxygens (including phenoxy) is 1. The molecule has 2 aromatic carbocycles. The van der Waals surface area contributed by atoms with Gasteiger partial charge in [-0.05, 0) is 41.2 Å². The van der Waals surface area contributed by atoms with Crippen LogP contribution in [0.25, 0.3) is 10.8 Å². The van der Waals surface area contributed by atoms with Crippen molar-refractivity contribution in [2.75, 3.05) is 13.2 Å². The van der Waals surface area contributed by atoms with Gasteiger partial charge in [0.15, 0.2) is 6.04 Å². The Bertz CT molecular complexity index is 767. The topological polar surface area (TPSA) is 75.6 Å². The fraction of sp³-hybridized carbons (Fsp3) is 0.400. The van der Waals surface area contributed by atoms with Gasteiger partial charge < -0.3 is 15.2 Å². The zero-order valence-corrected chi connectivity index (χ0v) is 14.3. The molecule has 1 fully saturated rings. The number of amides is 1. The predicted octanol–water partition coefficient (Wildman–Crippen LogP) is 3.14. The van der Waals surface area contributed by atoms with Gasteiger partial charge in [-0.1, -0.05) is 43.3 Å². The number of carboxylic acids is 1. The Morgan fingerprint density at radius 1 is 1.12 bits per heavy atom. The van der Waals surface area contributed by atoms with Gasteiger partial charge in [-0.3, -0.25) is 4.79 Å². The van der Waals surface area contributed by atoms with Crippen molar-refractivity contribution in [2.45, 2.75) is 25.8 Å². The third-order valence-corrected chi connectivity index (χ3v) is 5.03. The van der Waals surface area contributed by atoms with Crippen LogP contribution in [0.15, 0.2) is 42.5 Å². The van der Waals surface area contributed by atoms with Crippen molar-refractivity contribution >= 4 is 22.6 Å². The van der Waals surface area contributed by atoms with Gasteiger partial charge in [-0.15, -0.1) is 0 Å². The van der Waals surface area contributed by atoms with Crippen molar-refractivity contribution in [1.82, 2.24) is 5.32 Å². The first-order chi connectivity index (χ1) is 12.1. The van der Waals surface area contributed by atoms with Gasteiger partial charge in [-0.2, -0.15) is 0 Å². The van der Waals surface area contributed by atoms with E-state index < -0.39 is 12.0 Å². The van der Waals surface area contributed by atoms with Gasteiger partial charge in [0.05, 0.1) is 0 Å². The van der Waals surface area contributed by atoms with E-state index in [0.717, 1.165) is 23.6 Å².